The van der Waals surface area contributed by atoms with E-state index in [4.69, 9.17) is 0 Å². The van der Waals surface area contributed by atoms with Gasteiger partial charge in [-0.05, 0) is 49.4 Å². The van der Waals surface area contributed by atoms with Gasteiger partial charge in [0.1, 0.15) is 5.78 Å². The van der Waals surface area contributed by atoms with Crippen LogP contribution in [0.4, 0.5) is 0 Å². The van der Waals surface area contributed by atoms with Gasteiger partial charge in [0.05, 0.1) is 12.6 Å². The first-order valence-corrected chi connectivity index (χ1v) is 8.03. The van der Waals surface area contributed by atoms with Crippen LogP contribution in [0.25, 0.3) is 0 Å². The highest BCUT2D eigenvalue weighted by molar-refractivity contribution is 5.83. The molecule has 1 unspecified atom stereocenters. The Morgan fingerprint density at radius 3 is 3.00 bits per heavy atom. The molecule has 5 rings (SSSR count). The molecule has 5 fully saturated rings. The van der Waals surface area contributed by atoms with E-state index in [1.54, 1.807) is 0 Å². The van der Waals surface area contributed by atoms with E-state index in [1.165, 1.54) is 19.3 Å². The Labute approximate surface area is 114 Å². The van der Waals surface area contributed by atoms with Crippen LogP contribution in [0, 0.1) is 29.1 Å². The van der Waals surface area contributed by atoms with E-state index >= 15 is 0 Å². The normalized spacial score (nSPS) is 65.5. The molecule has 0 aromatic carbocycles. The molecule has 3 saturated carbocycles. The lowest BCUT2D eigenvalue weighted by Gasteiger charge is -2.63. The highest BCUT2D eigenvalue weighted by Crippen LogP contribution is 2.75. The van der Waals surface area contributed by atoms with Crippen LogP contribution >= 0.6 is 0 Å². The third-order valence-corrected chi connectivity index (χ3v) is 7.60. The fourth-order valence-electron chi connectivity index (χ4n) is 7.49. The van der Waals surface area contributed by atoms with Crippen LogP contribution in [-0.2, 0) is 4.79 Å². The molecule has 6 bridgehead atoms. The number of ketones is 1. The van der Waals surface area contributed by atoms with Crippen molar-refractivity contribution in [2.45, 2.75) is 50.7 Å². The summed E-state index contributed by atoms with van der Waals surface area (Å²) in [5, 5.41) is 10.9. The third kappa shape index (κ3) is 0.964. The maximum Gasteiger partial charge on any atom is 0.147 e. The predicted molar refractivity (Wildman–Crippen MR) is 70.5 cm³/mol. The molecule has 1 N–H and O–H groups in total. The van der Waals surface area contributed by atoms with Crippen molar-refractivity contribution in [2.75, 3.05) is 13.1 Å². The summed E-state index contributed by atoms with van der Waals surface area (Å²) < 4.78 is 0. The Balaban J connectivity index is 1.75. The van der Waals surface area contributed by atoms with Crippen LogP contribution in [0.15, 0.2) is 0 Å². The summed E-state index contributed by atoms with van der Waals surface area (Å²) in [6.07, 6.45) is 5.24. The molecule has 104 valence electrons. The molecule has 0 amide bonds. The Kier molecular flexibility index (Phi) is 1.83. The standard InChI is InChI=1S/C16H23NO2/c1-9-2-10-3-14(19)15-6-12(18)8-17-7-11(15)4-13(10)16(15,17)5-9/h9-11,13-14,19H,2-8H2,1H3/t9-,10+,11-,13-,14+,15+,16-/m1/s1. The Morgan fingerprint density at radius 1 is 1.32 bits per heavy atom. The molecule has 5 aliphatic rings. The van der Waals surface area contributed by atoms with Gasteiger partial charge in [0, 0.05) is 23.9 Å². The minimum Gasteiger partial charge on any atom is -0.392 e. The zero-order chi connectivity index (χ0) is 13.0. The fraction of sp³-hybridized carbons (Fsp3) is 0.938. The predicted octanol–water partition coefficient (Wildman–Crippen LogP) is 1.45. The first-order chi connectivity index (χ1) is 9.08. The summed E-state index contributed by atoms with van der Waals surface area (Å²) in [5.74, 6) is 3.23. The van der Waals surface area contributed by atoms with Crippen LogP contribution in [0.5, 0.6) is 0 Å². The van der Waals surface area contributed by atoms with E-state index in [9.17, 15) is 9.90 Å². The first kappa shape index (κ1) is 11.3. The SMILES string of the molecule is C[C@@H]1C[C@H]2C[C@H](O)[C@]34CC(=O)CN5C[C@H]3C[C@H]2[C@@]54C1. The molecule has 1 spiro atoms. The van der Waals surface area contributed by atoms with E-state index in [1.807, 2.05) is 0 Å². The average molecular weight is 261 g/mol. The zero-order valence-electron chi connectivity index (χ0n) is 11.6. The van der Waals surface area contributed by atoms with Gasteiger partial charge >= 0.3 is 0 Å². The summed E-state index contributed by atoms with van der Waals surface area (Å²) in [5.41, 5.74) is 0.143. The van der Waals surface area contributed by atoms with E-state index in [0.29, 0.717) is 30.6 Å². The van der Waals surface area contributed by atoms with Gasteiger partial charge in [-0.25, -0.2) is 0 Å². The quantitative estimate of drug-likeness (QED) is 0.717. The number of hydrogen-bond donors (Lipinski definition) is 1. The second-order valence-corrected chi connectivity index (χ2v) is 8.16. The largest absolute Gasteiger partial charge is 0.392 e. The molecule has 0 radical (unpaired) electrons. The van der Waals surface area contributed by atoms with Crippen LogP contribution in [0.3, 0.4) is 0 Å². The summed E-state index contributed by atoms with van der Waals surface area (Å²) >= 11 is 0. The average Bonchev–Trinajstić information content (AvgIpc) is 2.62. The van der Waals surface area contributed by atoms with Crippen molar-refractivity contribution in [3.63, 3.8) is 0 Å². The van der Waals surface area contributed by atoms with Gasteiger partial charge < -0.3 is 5.11 Å². The minimum atomic E-state index is -0.219. The number of Topliss-reactive ketones (excluding diaryl/α,β-unsaturated/α-hetero) is 1. The summed E-state index contributed by atoms with van der Waals surface area (Å²) in [7, 11) is 0. The fourth-order valence-corrected chi connectivity index (χ4v) is 7.49. The van der Waals surface area contributed by atoms with Crippen molar-refractivity contribution in [1.82, 2.24) is 4.90 Å². The number of nitrogens with zero attached hydrogens (tertiary/aromatic N) is 1. The van der Waals surface area contributed by atoms with E-state index < -0.39 is 0 Å². The number of piperidine rings is 2. The second-order valence-electron chi connectivity index (χ2n) is 8.16. The summed E-state index contributed by atoms with van der Waals surface area (Å²) in [4.78, 5) is 14.7. The second kappa shape index (κ2) is 3.09. The minimum absolute atomic E-state index is 0.0574. The Morgan fingerprint density at radius 2 is 2.16 bits per heavy atom. The van der Waals surface area contributed by atoms with E-state index in [-0.39, 0.29) is 17.1 Å². The smallest absolute Gasteiger partial charge is 0.147 e. The molecule has 2 aliphatic heterocycles. The van der Waals surface area contributed by atoms with Crippen LogP contribution < -0.4 is 0 Å². The van der Waals surface area contributed by atoms with Crippen molar-refractivity contribution in [1.29, 1.82) is 0 Å². The van der Waals surface area contributed by atoms with E-state index in [2.05, 4.69) is 11.8 Å². The molecule has 0 aromatic heterocycles. The maximum absolute atomic E-state index is 12.2. The van der Waals surface area contributed by atoms with Gasteiger partial charge in [0.15, 0.2) is 0 Å². The third-order valence-electron chi connectivity index (χ3n) is 7.60. The number of rotatable bonds is 0. The van der Waals surface area contributed by atoms with Crippen molar-refractivity contribution in [2.24, 2.45) is 29.1 Å². The Hall–Kier alpha value is -0.410. The summed E-state index contributed by atoms with van der Waals surface area (Å²) in [6.45, 7) is 4.13. The summed E-state index contributed by atoms with van der Waals surface area (Å²) in [6, 6.07) is 0. The van der Waals surface area contributed by atoms with Crippen molar-refractivity contribution < 1.29 is 9.90 Å². The molecule has 8 atom stereocenters. The number of aliphatic hydroxyl groups excluding tert-OH is 1. The van der Waals surface area contributed by atoms with Crippen LogP contribution in [-0.4, -0.2) is 40.5 Å². The highest BCUT2D eigenvalue weighted by Gasteiger charge is 2.79. The van der Waals surface area contributed by atoms with E-state index in [0.717, 1.165) is 24.8 Å². The molecule has 2 saturated heterocycles. The van der Waals surface area contributed by atoms with Crippen LogP contribution in [0.2, 0.25) is 0 Å². The van der Waals surface area contributed by atoms with Gasteiger partial charge in [-0.2, -0.15) is 0 Å². The van der Waals surface area contributed by atoms with Gasteiger partial charge in [0.2, 0.25) is 0 Å². The van der Waals surface area contributed by atoms with Crippen molar-refractivity contribution >= 4 is 5.78 Å². The van der Waals surface area contributed by atoms with Gasteiger partial charge in [-0.3, -0.25) is 9.69 Å². The van der Waals surface area contributed by atoms with Crippen molar-refractivity contribution in [3.8, 4) is 0 Å². The van der Waals surface area contributed by atoms with Crippen LogP contribution in [0.1, 0.15) is 39.0 Å². The Bertz CT molecular complexity index is 477. The van der Waals surface area contributed by atoms with Gasteiger partial charge in [0.25, 0.3) is 0 Å². The maximum atomic E-state index is 12.2. The molecular formula is C16H23NO2. The molecule has 2 heterocycles. The topological polar surface area (TPSA) is 40.5 Å². The first-order valence-electron chi connectivity index (χ1n) is 8.03. The number of carbonyl (C=O) groups is 1. The lowest BCUT2D eigenvalue weighted by Crippen LogP contribution is -2.70. The molecular weight excluding hydrogens is 238 g/mol. The number of aliphatic hydroxyl groups is 1. The monoisotopic (exact) mass is 261 g/mol. The molecule has 3 nitrogen and oxygen atoms in total. The lowest BCUT2D eigenvalue weighted by atomic mass is 9.48. The van der Waals surface area contributed by atoms with Gasteiger partial charge in [-0.15, -0.1) is 0 Å². The van der Waals surface area contributed by atoms with Gasteiger partial charge in [-0.1, -0.05) is 6.92 Å². The zero-order valence-corrected chi connectivity index (χ0v) is 11.6. The highest BCUT2D eigenvalue weighted by atomic mass is 16.3. The molecule has 3 heteroatoms. The number of hydrogen-bond acceptors (Lipinski definition) is 3. The number of carbonyl (C=O) groups excluding carboxylic acids is 1. The molecule has 19 heavy (non-hydrogen) atoms. The molecule has 3 aliphatic carbocycles. The molecule has 0 aromatic rings. The lowest BCUT2D eigenvalue weighted by molar-refractivity contribution is -0.180. The van der Waals surface area contributed by atoms with Crippen molar-refractivity contribution in [3.05, 3.63) is 0 Å².